The van der Waals surface area contributed by atoms with Gasteiger partial charge >= 0.3 is 0 Å². The van der Waals surface area contributed by atoms with Gasteiger partial charge < -0.3 is 4.98 Å². The lowest BCUT2D eigenvalue weighted by molar-refractivity contribution is 0.600. The molecule has 0 aliphatic carbocycles. The molecular weight excluding hydrogens is 254 g/mol. The minimum Gasteiger partial charge on any atom is -0.328 e. The molecule has 2 aromatic heterocycles. The van der Waals surface area contributed by atoms with E-state index in [1.54, 1.807) is 25.3 Å². The Morgan fingerprint density at radius 2 is 2.06 bits per heavy atom. The van der Waals surface area contributed by atoms with E-state index in [0.717, 1.165) is 12.3 Å². The summed E-state index contributed by atoms with van der Waals surface area (Å²) in [5.41, 5.74) is 0.626. The van der Waals surface area contributed by atoms with Gasteiger partial charge in [-0.25, -0.2) is 8.42 Å². The molecule has 0 radical (unpaired) electrons. The van der Waals surface area contributed by atoms with Crippen LogP contribution in [0.4, 0.5) is 5.69 Å². The van der Waals surface area contributed by atoms with Crippen molar-refractivity contribution in [3.63, 3.8) is 0 Å². The summed E-state index contributed by atoms with van der Waals surface area (Å²) in [4.78, 5) is 17.2. The van der Waals surface area contributed by atoms with E-state index in [2.05, 4.69) is 14.7 Å². The number of aromatic nitrogens is 2. The third-order valence-corrected chi connectivity index (χ3v) is 3.68. The molecule has 0 amide bonds. The molecule has 0 aliphatic heterocycles. The molecule has 0 aromatic carbocycles. The van der Waals surface area contributed by atoms with Gasteiger partial charge in [0.1, 0.15) is 4.90 Å². The first-order chi connectivity index (χ1) is 8.49. The van der Waals surface area contributed by atoms with Crippen LogP contribution in [0.1, 0.15) is 5.69 Å². The third-order valence-electron chi connectivity index (χ3n) is 2.32. The smallest absolute Gasteiger partial charge is 0.263 e. The van der Waals surface area contributed by atoms with E-state index in [1.807, 2.05) is 0 Å². The first-order valence-electron chi connectivity index (χ1n) is 5.12. The van der Waals surface area contributed by atoms with Crippen LogP contribution >= 0.6 is 0 Å². The summed E-state index contributed by atoms with van der Waals surface area (Å²) in [6.45, 7) is 1.70. The van der Waals surface area contributed by atoms with Crippen molar-refractivity contribution in [1.29, 1.82) is 0 Å². The van der Waals surface area contributed by atoms with Gasteiger partial charge in [0.2, 0.25) is 5.56 Å². The van der Waals surface area contributed by atoms with E-state index in [1.165, 1.54) is 6.07 Å². The van der Waals surface area contributed by atoms with E-state index in [9.17, 15) is 13.2 Å². The van der Waals surface area contributed by atoms with E-state index in [0.29, 0.717) is 11.4 Å². The average Bonchev–Trinajstić information content (AvgIpc) is 2.32. The fourth-order valence-corrected chi connectivity index (χ4v) is 2.44. The maximum absolute atomic E-state index is 12.0. The van der Waals surface area contributed by atoms with Gasteiger partial charge in [-0.2, -0.15) is 0 Å². The van der Waals surface area contributed by atoms with Crippen LogP contribution in [0.5, 0.6) is 0 Å². The van der Waals surface area contributed by atoms with Crippen LogP contribution in [0.25, 0.3) is 0 Å². The number of aryl methyl sites for hydroxylation is 1. The Morgan fingerprint density at radius 3 is 2.67 bits per heavy atom. The summed E-state index contributed by atoms with van der Waals surface area (Å²) in [6, 6.07) is 5.65. The number of anilines is 1. The van der Waals surface area contributed by atoms with Crippen molar-refractivity contribution in [2.24, 2.45) is 0 Å². The highest BCUT2D eigenvalue weighted by molar-refractivity contribution is 7.92. The quantitative estimate of drug-likeness (QED) is 0.861. The molecule has 0 spiro atoms. The van der Waals surface area contributed by atoms with Gasteiger partial charge in [0.25, 0.3) is 10.0 Å². The van der Waals surface area contributed by atoms with Crippen molar-refractivity contribution in [2.45, 2.75) is 11.8 Å². The van der Waals surface area contributed by atoms with Crippen molar-refractivity contribution in [2.75, 3.05) is 4.72 Å². The lowest BCUT2D eigenvalue weighted by Crippen LogP contribution is -2.16. The number of hydrogen-bond donors (Lipinski definition) is 2. The maximum Gasteiger partial charge on any atom is 0.263 e. The second-order valence-electron chi connectivity index (χ2n) is 3.63. The fourth-order valence-electron chi connectivity index (χ4n) is 1.36. The first kappa shape index (κ1) is 12.3. The molecule has 0 saturated heterocycles. The molecule has 2 rings (SSSR count). The lowest BCUT2D eigenvalue weighted by Gasteiger charge is -2.09. The monoisotopic (exact) mass is 265 g/mol. The number of aromatic amines is 1. The lowest BCUT2D eigenvalue weighted by atomic mass is 10.3. The van der Waals surface area contributed by atoms with Crippen LogP contribution in [0.3, 0.4) is 0 Å². The maximum atomic E-state index is 12.0. The summed E-state index contributed by atoms with van der Waals surface area (Å²) in [6.07, 6.45) is 2.73. The minimum atomic E-state index is -3.71. The summed E-state index contributed by atoms with van der Waals surface area (Å²) in [5, 5.41) is 0. The van der Waals surface area contributed by atoms with Crippen molar-refractivity contribution >= 4 is 15.7 Å². The van der Waals surface area contributed by atoms with Crippen LogP contribution < -0.4 is 10.3 Å². The molecule has 0 atom stereocenters. The predicted molar refractivity (Wildman–Crippen MR) is 66.8 cm³/mol. The Labute approximate surface area is 104 Å². The molecule has 0 bridgehead atoms. The van der Waals surface area contributed by atoms with Gasteiger partial charge in [0.15, 0.2) is 0 Å². The van der Waals surface area contributed by atoms with Crippen LogP contribution in [0.2, 0.25) is 0 Å². The molecule has 18 heavy (non-hydrogen) atoms. The van der Waals surface area contributed by atoms with Gasteiger partial charge in [-0.05, 0) is 25.1 Å². The molecule has 0 unspecified atom stereocenters. The van der Waals surface area contributed by atoms with Gasteiger partial charge in [-0.15, -0.1) is 0 Å². The van der Waals surface area contributed by atoms with Crippen molar-refractivity contribution in [3.05, 3.63) is 52.7 Å². The topological polar surface area (TPSA) is 91.9 Å². The average molecular weight is 265 g/mol. The normalized spacial score (nSPS) is 11.2. The SMILES string of the molecule is Cc1ncccc1NS(=O)(=O)c1ccc(=O)[nH]c1. The molecule has 0 fully saturated rings. The third kappa shape index (κ3) is 2.57. The number of nitrogens with one attached hydrogen (secondary N) is 2. The van der Waals surface area contributed by atoms with Gasteiger partial charge in [-0.3, -0.25) is 14.5 Å². The van der Waals surface area contributed by atoms with E-state index < -0.39 is 10.0 Å². The van der Waals surface area contributed by atoms with Crippen LogP contribution in [-0.4, -0.2) is 18.4 Å². The highest BCUT2D eigenvalue weighted by atomic mass is 32.2. The van der Waals surface area contributed by atoms with Crippen LogP contribution in [0, 0.1) is 6.92 Å². The fraction of sp³-hybridized carbons (Fsp3) is 0.0909. The minimum absolute atomic E-state index is 0.00893. The predicted octanol–water partition coefficient (Wildman–Crippen LogP) is 0.879. The Bertz CT molecular complexity index is 702. The van der Waals surface area contributed by atoms with E-state index in [4.69, 9.17) is 0 Å². The molecular formula is C11H11N3O3S. The van der Waals surface area contributed by atoms with Crippen molar-refractivity contribution in [1.82, 2.24) is 9.97 Å². The largest absolute Gasteiger partial charge is 0.328 e. The molecule has 2 aromatic rings. The molecule has 94 valence electrons. The summed E-state index contributed by atoms with van der Waals surface area (Å²) >= 11 is 0. The summed E-state index contributed by atoms with van der Waals surface area (Å²) < 4.78 is 26.4. The second kappa shape index (κ2) is 4.61. The molecule has 2 heterocycles. The highest BCUT2D eigenvalue weighted by Gasteiger charge is 2.15. The van der Waals surface area contributed by atoms with Crippen LogP contribution in [0.15, 0.2) is 46.3 Å². The van der Waals surface area contributed by atoms with E-state index in [-0.39, 0.29) is 10.5 Å². The zero-order valence-corrected chi connectivity index (χ0v) is 10.4. The summed E-state index contributed by atoms with van der Waals surface area (Å²) in [5.74, 6) is 0. The number of hydrogen-bond acceptors (Lipinski definition) is 4. The molecule has 0 saturated carbocycles. The summed E-state index contributed by atoms with van der Waals surface area (Å²) in [7, 11) is -3.71. The molecule has 7 heteroatoms. The first-order valence-corrected chi connectivity index (χ1v) is 6.60. The van der Waals surface area contributed by atoms with Crippen molar-refractivity contribution < 1.29 is 8.42 Å². The van der Waals surface area contributed by atoms with Gasteiger partial charge in [0, 0.05) is 18.5 Å². The molecule has 0 aliphatic rings. The Kier molecular flexibility index (Phi) is 3.15. The Hall–Kier alpha value is -2.15. The zero-order chi connectivity index (χ0) is 13.2. The van der Waals surface area contributed by atoms with Crippen molar-refractivity contribution in [3.8, 4) is 0 Å². The van der Waals surface area contributed by atoms with Crippen LogP contribution in [-0.2, 0) is 10.0 Å². The van der Waals surface area contributed by atoms with Gasteiger partial charge in [-0.1, -0.05) is 0 Å². The van der Waals surface area contributed by atoms with Gasteiger partial charge in [0.05, 0.1) is 11.4 Å². The number of nitrogens with zero attached hydrogens (tertiary/aromatic N) is 1. The highest BCUT2D eigenvalue weighted by Crippen LogP contribution is 2.16. The number of sulfonamides is 1. The number of pyridine rings is 2. The Morgan fingerprint density at radius 1 is 1.28 bits per heavy atom. The second-order valence-corrected chi connectivity index (χ2v) is 5.31. The number of H-pyrrole nitrogens is 1. The zero-order valence-electron chi connectivity index (χ0n) is 9.54. The molecule has 6 nitrogen and oxygen atoms in total. The number of rotatable bonds is 3. The Balaban J connectivity index is 2.36. The molecule has 2 N–H and O–H groups in total. The van der Waals surface area contributed by atoms with E-state index >= 15 is 0 Å². The standard InChI is InChI=1S/C11H11N3O3S/c1-8-10(3-2-6-12-8)14-18(16,17)9-4-5-11(15)13-7-9/h2-7,14H,1H3,(H,13,15).